The SMILES string of the molecule is CC(C)C[C@@H](NC(=O)[C@@H](CC(=O)O)NC(=O)[C@@H](CCC(=O)O)NC(=O)[C@H](NC(=O)[C@@H](CC(C)C)NC(=O)[C@@H](CCC(=O)O)NC(=O)[C@@H](C)NC(=O)[C@@H](Cc1c[nH]c2ccccc12)NC(=O)[C@H](NC(=O)[C@H](N)CC(=O)O)[C@@H](C)O)C(C)C)C(=O)N[C@H](CC(N)=O)C(=O)NCC(=O)NCC(=O)NCC(=O)N[C@@H](CO)C(=O)N[C@@H](Cc1ccc(Br)cc1)C(=O)N[C@@H](CCCNC(=N)N)C(N)=O. The molecule has 0 aliphatic carbocycles. The van der Waals surface area contributed by atoms with Crippen LogP contribution >= 0.6 is 15.9 Å². The quantitative estimate of drug-likeness (QED) is 0.0142. The van der Waals surface area contributed by atoms with Crippen LogP contribution in [0.2, 0.25) is 0 Å². The maximum Gasteiger partial charge on any atom is 0.305 e. The third kappa shape index (κ3) is 42.2. The largest absolute Gasteiger partial charge is 0.481 e. The van der Waals surface area contributed by atoms with E-state index in [1.165, 1.54) is 20.0 Å². The molecule has 18 amide bonds. The van der Waals surface area contributed by atoms with Gasteiger partial charge in [0.2, 0.25) is 106 Å². The Morgan fingerprint density at radius 2 is 0.842 bits per heavy atom. The third-order valence-electron chi connectivity index (χ3n) is 19.6. The minimum Gasteiger partial charge on any atom is -0.481 e. The molecule has 0 saturated heterocycles. The first-order chi connectivity index (χ1) is 62.3. The highest BCUT2D eigenvalue weighted by molar-refractivity contribution is 9.10. The van der Waals surface area contributed by atoms with Crippen LogP contribution in [0, 0.1) is 23.2 Å². The Morgan fingerprint density at radius 3 is 1.35 bits per heavy atom. The van der Waals surface area contributed by atoms with E-state index in [4.69, 9.17) is 33.5 Å². The van der Waals surface area contributed by atoms with Gasteiger partial charge in [-0.15, -0.1) is 0 Å². The maximum atomic E-state index is 14.4. The van der Waals surface area contributed by atoms with Crippen LogP contribution in [-0.4, -0.2) is 295 Å². The van der Waals surface area contributed by atoms with Gasteiger partial charge in [0.1, 0.15) is 78.5 Å². The van der Waals surface area contributed by atoms with Gasteiger partial charge in [-0.3, -0.25) is 111 Å². The summed E-state index contributed by atoms with van der Waals surface area (Å²) in [6.07, 6.45) is -7.09. The molecule has 51 nitrogen and oxygen atoms in total. The molecule has 0 aliphatic heterocycles. The lowest BCUT2D eigenvalue weighted by Gasteiger charge is -2.29. The lowest BCUT2D eigenvalue weighted by Crippen LogP contribution is -2.61. The molecule has 1 aromatic heterocycles. The summed E-state index contributed by atoms with van der Waals surface area (Å²) >= 11 is 3.30. The van der Waals surface area contributed by atoms with Crippen molar-refractivity contribution in [1.82, 2.24) is 95.4 Å². The summed E-state index contributed by atoms with van der Waals surface area (Å²) in [5.41, 5.74) is 23.5. The number of carboxylic acid groups (broad SMARTS) is 4. The summed E-state index contributed by atoms with van der Waals surface area (Å²) in [7, 11) is 0. The maximum absolute atomic E-state index is 14.4. The van der Waals surface area contributed by atoms with Crippen LogP contribution in [0.5, 0.6) is 0 Å². The zero-order valence-electron chi connectivity index (χ0n) is 74.2. The summed E-state index contributed by atoms with van der Waals surface area (Å²) in [4.78, 5) is 295. The molecule has 52 heteroatoms. The van der Waals surface area contributed by atoms with Gasteiger partial charge in [-0.2, -0.15) is 0 Å². The summed E-state index contributed by atoms with van der Waals surface area (Å²) in [6.45, 7) is 7.85. The van der Waals surface area contributed by atoms with Crippen molar-refractivity contribution in [1.29, 1.82) is 5.41 Å². The number of guanidine groups is 1. The first-order valence-corrected chi connectivity index (χ1v) is 42.7. The molecule has 0 fully saturated rings. The fourth-order valence-electron chi connectivity index (χ4n) is 12.7. The number of aliphatic hydroxyl groups is 2. The van der Waals surface area contributed by atoms with Crippen LogP contribution in [0.3, 0.4) is 0 Å². The molecule has 3 aromatic rings. The number of nitrogens with one attached hydrogen (secondary N) is 19. The van der Waals surface area contributed by atoms with Crippen molar-refractivity contribution < 1.29 is 136 Å². The molecule has 0 aliphatic rings. The Morgan fingerprint density at radius 1 is 0.414 bits per heavy atom. The lowest BCUT2D eigenvalue weighted by molar-refractivity contribution is -0.142. The Kier molecular flexibility index (Phi) is 48.1. The predicted octanol–water partition coefficient (Wildman–Crippen LogP) is -8.86. The van der Waals surface area contributed by atoms with Crippen molar-refractivity contribution in [2.45, 2.75) is 230 Å². The fraction of sp³-hybridized carbons (Fsp3) is 0.543. The number of aliphatic hydroxyl groups excluding tert-OH is 2. The Hall–Kier alpha value is -14.0. The number of carbonyl (C=O) groups excluding carboxylic acids is 18. The molecule has 133 heavy (non-hydrogen) atoms. The number of nitrogens with two attached hydrogens (primary N) is 4. The number of amides is 18. The van der Waals surface area contributed by atoms with Crippen molar-refractivity contribution >= 4 is 163 Å². The van der Waals surface area contributed by atoms with Gasteiger partial charge in [0.25, 0.3) is 0 Å². The van der Waals surface area contributed by atoms with Crippen molar-refractivity contribution in [2.75, 3.05) is 32.8 Å². The number of halogens is 1. The number of primary amides is 2. The van der Waals surface area contributed by atoms with Crippen molar-refractivity contribution in [3.8, 4) is 0 Å². The summed E-state index contributed by atoms with van der Waals surface area (Å²) < 4.78 is 0.677. The number of hydrogen-bond acceptors (Lipinski definition) is 26. The molecule has 3 rings (SSSR count). The molecular weight excluding hydrogens is 1820 g/mol. The molecule has 33 N–H and O–H groups in total. The number of carboxylic acids is 4. The van der Waals surface area contributed by atoms with E-state index < -0.39 is 310 Å². The predicted molar refractivity (Wildman–Crippen MR) is 471 cm³/mol. The van der Waals surface area contributed by atoms with E-state index in [0.717, 1.165) is 13.8 Å². The molecule has 0 radical (unpaired) electrons. The second-order valence-electron chi connectivity index (χ2n) is 32.2. The number of aromatic amines is 1. The van der Waals surface area contributed by atoms with Gasteiger partial charge in [0.15, 0.2) is 5.96 Å². The fourth-order valence-corrected chi connectivity index (χ4v) is 12.9. The highest BCUT2D eigenvalue weighted by Crippen LogP contribution is 2.21. The van der Waals surface area contributed by atoms with E-state index in [9.17, 15) is 131 Å². The topological polar surface area (TPSA) is 845 Å². The minimum absolute atomic E-state index is 0.000649. The molecule has 0 spiro atoms. The number of hydrogen-bond donors (Lipinski definition) is 29. The summed E-state index contributed by atoms with van der Waals surface area (Å²) in [6, 6.07) is -10.7. The van der Waals surface area contributed by atoms with Gasteiger partial charge in [-0.1, -0.05) is 87.8 Å². The number of aromatic nitrogens is 1. The number of benzene rings is 2. The van der Waals surface area contributed by atoms with E-state index in [1.807, 2.05) is 0 Å². The Balaban J connectivity index is 1.77. The zero-order valence-corrected chi connectivity index (χ0v) is 75.8. The van der Waals surface area contributed by atoms with Gasteiger partial charge in [0, 0.05) is 53.8 Å². The first kappa shape index (κ1) is 113. The highest BCUT2D eigenvalue weighted by atomic mass is 79.9. The molecule has 0 saturated carbocycles. The van der Waals surface area contributed by atoms with Gasteiger partial charge in [-0.05, 0) is 99.5 Å². The van der Waals surface area contributed by atoms with E-state index in [0.29, 0.717) is 26.5 Å². The highest BCUT2D eigenvalue weighted by Gasteiger charge is 2.40. The Bertz CT molecular complexity index is 4670. The van der Waals surface area contributed by atoms with Gasteiger partial charge in [-0.25, -0.2) is 0 Å². The first-order valence-electron chi connectivity index (χ1n) is 41.9. The minimum atomic E-state index is -2.17. The average Bonchev–Trinajstić information content (AvgIpc) is 1.83. The molecule has 1 heterocycles. The second kappa shape index (κ2) is 56.5. The van der Waals surface area contributed by atoms with E-state index in [-0.39, 0.29) is 51.0 Å². The number of para-hydroxylation sites is 1. The van der Waals surface area contributed by atoms with E-state index in [2.05, 4.69) is 111 Å². The smallest absolute Gasteiger partial charge is 0.305 e. The Labute approximate surface area is 769 Å². The monoisotopic (exact) mass is 1940 g/mol. The molecule has 15 atom stereocenters. The normalized spacial score (nSPS) is 14.5. The average molecular weight is 1940 g/mol. The van der Waals surface area contributed by atoms with Crippen molar-refractivity contribution in [3.05, 3.63) is 70.3 Å². The van der Waals surface area contributed by atoms with Crippen molar-refractivity contribution in [3.63, 3.8) is 0 Å². The van der Waals surface area contributed by atoms with Crippen LogP contribution in [0.4, 0.5) is 0 Å². The van der Waals surface area contributed by atoms with Crippen LogP contribution in [-0.2, 0) is 118 Å². The van der Waals surface area contributed by atoms with Gasteiger partial charge in [0.05, 0.1) is 57.6 Å². The second-order valence-corrected chi connectivity index (χ2v) is 33.1. The number of aliphatic carboxylic acids is 4. The van der Waals surface area contributed by atoms with Crippen LogP contribution in [0.15, 0.2) is 59.2 Å². The molecule has 734 valence electrons. The van der Waals surface area contributed by atoms with Gasteiger partial charge >= 0.3 is 23.9 Å². The summed E-state index contributed by atoms with van der Waals surface area (Å²) in [5.74, 6) is -28.9. The molecular formula is C81H120BrN23O28. The number of fused-ring (bicyclic) bond motifs is 1. The zero-order chi connectivity index (χ0) is 100. The standard InChI is InChI=1S/C81H120BrN23O28/c1-36(2)24-50(74(127)101-54(29-57(84)108)70(123)92-33-59(110)90-32-58(109)91-34-60(111)94-56(35-106)78(131)100-52(26-41-15-17-43(82)18-16-41)75(128)95-47(67(85)120)14-11-23-88-81(86)87)99-76(129)55(30-64(118)119)102-72(125)49(20-22-62(114)115)97-79(132)65(38(5)6)104-77(130)51(25-37(3)4)98-71(124)48(19-21-61(112)113)96-68(121)39(7)93-73(126)53(27-42-31-89-46-13-10-9-12-44(42)46)103-80(133)66(40(8)107)105-69(122)45(83)28-63(116)117/h9-10,12-13,15-18,31,36-40,45,47-56,65-66,89,106-107H,11,14,19-30,32-35,83H2,1-8H3,(H2,84,108)(H2,85,120)(H,90,110)(H,91,109)(H,92,123)(H,93,126)(H,94,111)(H,95,128)(H,96,121)(H,97,132)(H,98,124)(H,99,129)(H,100,131)(H,101,127)(H,102,125)(H,103,133)(H,104,130)(H,105,122)(H,112,113)(H,114,115)(H,116,117)(H,118,119)(H4,86,87,88)/t39-,40-,45-,47+,48-,49-,50-,51-,52+,53-,54-,55-,56+,65-,66-/m1/s1. The lowest BCUT2D eigenvalue weighted by atomic mass is 9.98. The van der Waals surface area contributed by atoms with Crippen molar-refractivity contribution in [2.24, 2.45) is 40.7 Å². The van der Waals surface area contributed by atoms with E-state index >= 15 is 0 Å². The molecule has 0 bridgehead atoms. The number of H-pyrrole nitrogens is 1. The number of carbonyl (C=O) groups is 22. The molecule has 2 aromatic carbocycles. The summed E-state index contributed by atoms with van der Waals surface area (Å²) in [5, 5.41) is 106. The van der Waals surface area contributed by atoms with Gasteiger partial charge < -0.3 is 149 Å². The van der Waals surface area contributed by atoms with Crippen LogP contribution < -0.4 is 113 Å². The van der Waals surface area contributed by atoms with Crippen LogP contribution in [0.1, 0.15) is 137 Å². The molecule has 0 unspecified atom stereocenters. The third-order valence-corrected chi connectivity index (χ3v) is 20.1. The van der Waals surface area contributed by atoms with E-state index in [1.54, 1.807) is 76.2 Å². The van der Waals surface area contributed by atoms with Crippen LogP contribution in [0.25, 0.3) is 10.9 Å². The number of rotatable bonds is 60.